The third kappa shape index (κ3) is 3.10. The molecule has 5 heteroatoms. The zero-order valence-electron chi connectivity index (χ0n) is 12.7. The lowest BCUT2D eigenvalue weighted by atomic mass is 10.1. The fourth-order valence-corrected chi connectivity index (χ4v) is 2.72. The Morgan fingerprint density at radius 3 is 2.30 bits per heavy atom. The highest BCUT2D eigenvalue weighted by molar-refractivity contribution is 5.31. The van der Waals surface area contributed by atoms with Gasteiger partial charge in [-0.25, -0.2) is 9.97 Å². The van der Waals surface area contributed by atoms with E-state index in [1.165, 1.54) is 18.4 Å². The van der Waals surface area contributed by atoms with Crippen molar-refractivity contribution in [3.63, 3.8) is 0 Å². The standard InChI is InChI=1S/C15H25N5/c1-11-9-20(10-12(2)19(11)3)15-17-7-13(8-18-15)6-16-14-4-5-14/h7-8,11-12,14,16H,4-6,9-10H2,1-3H3. The van der Waals surface area contributed by atoms with E-state index in [4.69, 9.17) is 0 Å². The highest BCUT2D eigenvalue weighted by Crippen LogP contribution is 2.20. The molecule has 0 bridgehead atoms. The topological polar surface area (TPSA) is 44.3 Å². The molecule has 1 N–H and O–H groups in total. The van der Waals surface area contributed by atoms with Crippen molar-refractivity contribution in [1.29, 1.82) is 0 Å². The van der Waals surface area contributed by atoms with Crippen LogP contribution < -0.4 is 10.2 Å². The smallest absolute Gasteiger partial charge is 0.225 e. The van der Waals surface area contributed by atoms with Crippen molar-refractivity contribution in [3.05, 3.63) is 18.0 Å². The number of rotatable bonds is 4. The molecule has 2 unspecified atom stereocenters. The molecule has 0 radical (unpaired) electrons. The average Bonchev–Trinajstić information content (AvgIpc) is 3.27. The maximum Gasteiger partial charge on any atom is 0.225 e. The second-order valence-electron chi connectivity index (χ2n) is 6.31. The van der Waals surface area contributed by atoms with Gasteiger partial charge in [-0.1, -0.05) is 0 Å². The van der Waals surface area contributed by atoms with Gasteiger partial charge in [-0.3, -0.25) is 4.90 Å². The number of piperazine rings is 1. The van der Waals surface area contributed by atoms with Gasteiger partial charge in [0.2, 0.25) is 5.95 Å². The van der Waals surface area contributed by atoms with Crippen LogP contribution in [0.2, 0.25) is 0 Å². The summed E-state index contributed by atoms with van der Waals surface area (Å²) < 4.78 is 0. The Morgan fingerprint density at radius 1 is 1.15 bits per heavy atom. The summed E-state index contributed by atoms with van der Waals surface area (Å²) >= 11 is 0. The van der Waals surface area contributed by atoms with Crippen LogP contribution in [0.5, 0.6) is 0 Å². The first-order valence-electron chi connectivity index (χ1n) is 7.64. The van der Waals surface area contributed by atoms with Gasteiger partial charge in [-0.15, -0.1) is 0 Å². The van der Waals surface area contributed by atoms with Crippen LogP contribution in [-0.4, -0.2) is 53.1 Å². The zero-order chi connectivity index (χ0) is 14.1. The molecular weight excluding hydrogens is 250 g/mol. The third-order valence-corrected chi connectivity index (χ3v) is 4.51. The summed E-state index contributed by atoms with van der Waals surface area (Å²) in [6.07, 6.45) is 6.56. The number of nitrogens with one attached hydrogen (secondary N) is 1. The van der Waals surface area contributed by atoms with Crippen LogP contribution in [0.15, 0.2) is 12.4 Å². The SMILES string of the molecule is CC1CN(c2ncc(CNC3CC3)cn2)CC(C)N1C. The highest BCUT2D eigenvalue weighted by atomic mass is 15.3. The van der Waals surface area contributed by atoms with Gasteiger partial charge in [0.1, 0.15) is 0 Å². The lowest BCUT2D eigenvalue weighted by Crippen LogP contribution is -2.55. The maximum atomic E-state index is 4.55. The second kappa shape index (κ2) is 5.66. The predicted molar refractivity (Wildman–Crippen MR) is 80.8 cm³/mol. The van der Waals surface area contributed by atoms with Crippen molar-refractivity contribution >= 4 is 5.95 Å². The van der Waals surface area contributed by atoms with Crippen LogP contribution in [0.4, 0.5) is 5.95 Å². The summed E-state index contributed by atoms with van der Waals surface area (Å²) in [5.41, 5.74) is 1.18. The van der Waals surface area contributed by atoms with Crippen LogP contribution in [0.3, 0.4) is 0 Å². The molecule has 2 fully saturated rings. The molecule has 20 heavy (non-hydrogen) atoms. The second-order valence-corrected chi connectivity index (χ2v) is 6.31. The molecule has 2 atom stereocenters. The summed E-state index contributed by atoms with van der Waals surface area (Å²) in [5, 5.41) is 3.49. The third-order valence-electron chi connectivity index (χ3n) is 4.51. The zero-order valence-corrected chi connectivity index (χ0v) is 12.7. The van der Waals surface area contributed by atoms with Crippen molar-refractivity contribution in [2.75, 3.05) is 25.0 Å². The molecule has 0 aromatic carbocycles. The molecule has 1 aromatic rings. The molecule has 2 heterocycles. The number of anilines is 1. The normalized spacial score (nSPS) is 27.9. The van der Waals surface area contributed by atoms with Gasteiger partial charge in [-0.2, -0.15) is 0 Å². The van der Waals surface area contributed by atoms with Crippen LogP contribution in [0.1, 0.15) is 32.3 Å². The van der Waals surface area contributed by atoms with E-state index >= 15 is 0 Å². The first-order chi connectivity index (χ1) is 9.63. The van der Waals surface area contributed by atoms with Crippen molar-refractivity contribution in [2.45, 2.75) is 51.4 Å². The minimum atomic E-state index is 0.540. The summed E-state index contributed by atoms with van der Waals surface area (Å²) in [4.78, 5) is 13.8. The Hall–Kier alpha value is -1.20. The van der Waals surface area contributed by atoms with E-state index in [2.05, 4.69) is 46.0 Å². The van der Waals surface area contributed by atoms with E-state index in [1.807, 2.05) is 12.4 Å². The van der Waals surface area contributed by atoms with Crippen molar-refractivity contribution in [2.24, 2.45) is 0 Å². The predicted octanol–water partition coefficient (Wildman–Crippen LogP) is 1.26. The Labute approximate surface area is 121 Å². The van der Waals surface area contributed by atoms with E-state index < -0.39 is 0 Å². The monoisotopic (exact) mass is 275 g/mol. The Morgan fingerprint density at radius 2 is 1.75 bits per heavy atom. The van der Waals surface area contributed by atoms with Crippen LogP contribution >= 0.6 is 0 Å². The molecule has 1 aromatic heterocycles. The number of nitrogens with zero attached hydrogens (tertiary/aromatic N) is 4. The van der Waals surface area contributed by atoms with E-state index in [1.54, 1.807) is 0 Å². The van der Waals surface area contributed by atoms with Gasteiger partial charge in [0, 0.05) is 55.7 Å². The molecule has 110 valence electrons. The van der Waals surface area contributed by atoms with E-state index in [-0.39, 0.29) is 0 Å². The molecule has 5 nitrogen and oxygen atoms in total. The van der Waals surface area contributed by atoms with Crippen molar-refractivity contribution in [3.8, 4) is 0 Å². The molecule has 1 aliphatic carbocycles. The van der Waals surface area contributed by atoms with Gasteiger partial charge in [0.05, 0.1) is 0 Å². The first-order valence-corrected chi connectivity index (χ1v) is 7.64. The van der Waals surface area contributed by atoms with Gasteiger partial charge in [-0.05, 0) is 33.7 Å². The lowest BCUT2D eigenvalue weighted by molar-refractivity contribution is 0.169. The van der Waals surface area contributed by atoms with Gasteiger partial charge in [0.15, 0.2) is 0 Å². The quantitative estimate of drug-likeness (QED) is 0.896. The number of hydrogen-bond acceptors (Lipinski definition) is 5. The van der Waals surface area contributed by atoms with E-state index in [0.29, 0.717) is 12.1 Å². The van der Waals surface area contributed by atoms with E-state index in [9.17, 15) is 0 Å². The lowest BCUT2D eigenvalue weighted by Gasteiger charge is -2.42. The molecule has 3 rings (SSSR count). The number of likely N-dealkylation sites (N-methyl/N-ethyl adjacent to an activating group) is 1. The summed E-state index contributed by atoms with van der Waals surface area (Å²) in [7, 11) is 2.19. The highest BCUT2D eigenvalue weighted by Gasteiger charge is 2.27. The molecule has 1 aliphatic heterocycles. The fraction of sp³-hybridized carbons (Fsp3) is 0.733. The fourth-order valence-electron chi connectivity index (χ4n) is 2.72. The Balaban J connectivity index is 1.61. The average molecular weight is 275 g/mol. The molecular formula is C15H25N5. The van der Waals surface area contributed by atoms with Crippen LogP contribution in [-0.2, 0) is 6.54 Å². The van der Waals surface area contributed by atoms with Crippen LogP contribution in [0, 0.1) is 0 Å². The molecule has 1 saturated carbocycles. The van der Waals surface area contributed by atoms with E-state index in [0.717, 1.165) is 31.6 Å². The van der Waals surface area contributed by atoms with Crippen LogP contribution in [0.25, 0.3) is 0 Å². The molecule has 0 spiro atoms. The largest absolute Gasteiger partial charge is 0.338 e. The molecule has 2 aliphatic rings. The summed E-state index contributed by atoms with van der Waals surface area (Å²) in [5.74, 6) is 0.868. The Bertz CT molecular complexity index is 430. The summed E-state index contributed by atoms with van der Waals surface area (Å²) in [6.45, 7) is 7.41. The summed E-state index contributed by atoms with van der Waals surface area (Å²) in [6, 6.07) is 1.81. The number of aromatic nitrogens is 2. The Kier molecular flexibility index (Phi) is 3.89. The molecule has 1 saturated heterocycles. The number of hydrogen-bond donors (Lipinski definition) is 1. The first kappa shape index (κ1) is 13.8. The minimum Gasteiger partial charge on any atom is -0.338 e. The van der Waals surface area contributed by atoms with Gasteiger partial charge >= 0.3 is 0 Å². The van der Waals surface area contributed by atoms with Gasteiger partial charge in [0.25, 0.3) is 0 Å². The molecule has 0 amide bonds. The van der Waals surface area contributed by atoms with Crippen molar-refractivity contribution < 1.29 is 0 Å². The van der Waals surface area contributed by atoms with Gasteiger partial charge < -0.3 is 10.2 Å². The van der Waals surface area contributed by atoms with Crippen molar-refractivity contribution in [1.82, 2.24) is 20.2 Å². The maximum absolute atomic E-state index is 4.55. The minimum absolute atomic E-state index is 0.540.